The third kappa shape index (κ3) is 9.72. The first-order chi connectivity index (χ1) is 29.5. The van der Waals surface area contributed by atoms with Crippen LogP contribution in [0.1, 0.15) is 26.3 Å². The third-order valence-corrected chi connectivity index (χ3v) is 12.6. The molecule has 0 atom stereocenters. The summed E-state index contributed by atoms with van der Waals surface area (Å²) < 4.78 is 0. The molecule has 60 heavy (non-hydrogen) atoms. The van der Waals surface area contributed by atoms with Crippen LogP contribution in [0.3, 0.4) is 0 Å². The van der Waals surface area contributed by atoms with Crippen LogP contribution in [0.2, 0.25) is 0 Å². The average molecular weight is 816 g/mol. The van der Waals surface area contributed by atoms with Crippen molar-refractivity contribution in [2.45, 2.75) is 40.4 Å². The van der Waals surface area contributed by atoms with Crippen molar-refractivity contribution in [2.75, 3.05) is 18.5 Å². The van der Waals surface area contributed by atoms with Crippen LogP contribution in [-0.4, -0.2) is 23.6 Å². The van der Waals surface area contributed by atoms with Gasteiger partial charge in [0.1, 0.15) is 0 Å². The fourth-order valence-electron chi connectivity index (χ4n) is 7.04. The highest BCUT2D eigenvalue weighted by Gasteiger charge is 2.22. The molecular weight excluding hydrogens is 767 g/mol. The smallest absolute Gasteiger partial charge is 0.160 e. The minimum atomic E-state index is 0.730. The van der Waals surface area contributed by atoms with Crippen molar-refractivity contribution in [3.8, 4) is 45.0 Å². The van der Waals surface area contributed by atoms with Crippen LogP contribution in [0.5, 0.6) is 0 Å². The standard InChI is InChI=1S/C28H20N2.C25H23NS2.C2H6/c1-4-11-21(12-5-1)24-17-10-18-25(19-24)28-29-26(22-13-6-2-7-14-22)20-27(30-28)23-15-8-3-9-16-23;1-5-9-19-13-12-17(3)20-14-24-25(15-21(20)26(4)16-18(19)6-2)28-23-11-8-7-10-22(23)27-24;1-2/h1-20H;5-15H,2-3,16H2,1,4H3;1-2H3/b;9-5-,13-12-,19-18-;. The SMILES string of the molecule is C=C/C1=C(\C=C/C)/C=C\C(=C)c2cc3c(cc2N(C)C1)Sc1ccccc1S3.CC.c1ccc(-c2cccc(-c3nc(-c4ccccc4)cc(-c4ccccc4)n3)c2)cc1. The van der Waals surface area contributed by atoms with Crippen LogP contribution in [-0.2, 0) is 0 Å². The summed E-state index contributed by atoms with van der Waals surface area (Å²) in [5.74, 6) is 0.730. The summed E-state index contributed by atoms with van der Waals surface area (Å²) in [6.45, 7) is 15.3. The van der Waals surface area contributed by atoms with E-state index >= 15 is 0 Å². The fourth-order valence-corrected chi connectivity index (χ4v) is 9.31. The van der Waals surface area contributed by atoms with Gasteiger partial charge in [-0.15, -0.1) is 0 Å². The summed E-state index contributed by atoms with van der Waals surface area (Å²) in [4.78, 5) is 17.4. The highest BCUT2D eigenvalue weighted by Crippen LogP contribution is 2.51. The molecular formula is C55H49N3S2. The number of nitrogens with zero attached hydrogens (tertiary/aromatic N) is 3. The highest BCUT2D eigenvalue weighted by molar-refractivity contribution is 8.05. The lowest BCUT2D eigenvalue weighted by Gasteiger charge is -2.27. The second-order valence-corrected chi connectivity index (χ2v) is 16.2. The molecule has 0 amide bonds. The Bertz CT molecular complexity index is 2640. The maximum Gasteiger partial charge on any atom is 0.160 e. The van der Waals surface area contributed by atoms with Gasteiger partial charge in [0.05, 0.1) is 11.4 Å². The van der Waals surface area contributed by atoms with Crippen molar-refractivity contribution in [3.63, 3.8) is 0 Å². The fraction of sp³-hybridized carbons (Fsp3) is 0.0909. The van der Waals surface area contributed by atoms with Gasteiger partial charge >= 0.3 is 0 Å². The number of rotatable bonds is 6. The average Bonchev–Trinajstić information content (AvgIpc) is 3.36. The molecule has 2 aliphatic heterocycles. The minimum absolute atomic E-state index is 0.730. The van der Waals surface area contributed by atoms with E-state index in [2.05, 4.69) is 165 Å². The number of allylic oxidation sites excluding steroid dienone is 6. The van der Waals surface area contributed by atoms with E-state index in [0.717, 1.165) is 51.6 Å². The maximum atomic E-state index is 4.92. The number of hydrogen-bond donors (Lipinski definition) is 0. The van der Waals surface area contributed by atoms with Crippen LogP contribution >= 0.6 is 23.5 Å². The Hall–Kier alpha value is -6.40. The molecule has 0 saturated carbocycles. The monoisotopic (exact) mass is 815 g/mol. The molecule has 0 aliphatic carbocycles. The molecule has 3 heterocycles. The van der Waals surface area contributed by atoms with Crippen LogP contribution in [0.25, 0.3) is 50.6 Å². The summed E-state index contributed by atoms with van der Waals surface area (Å²) in [6.07, 6.45) is 10.4. The van der Waals surface area contributed by atoms with E-state index in [-0.39, 0.29) is 0 Å². The van der Waals surface area contributed by atoms with Gasteiger partial charge in [-0.25, -0.2) is 9.97 Å². The van der Waals surface area contributed by atoms with Crippen molar-refractivity contribution in [1.82, 2.24) is 9.97 Å². The first-order valence-electron chi connectivity index (χ1n) is 20.3. The lowest BCUT2D eigenvalue weighted by Crippen LogP contribution is -2.21. The van der Waals surface area contributed by atoms with Crippen molar-refractivity contribution >= 4 is 34.8 Å². The Kier molecular flexibility index (Phi) is 13.9. The second-order valence-electron chi connectivity index (χ2n) is 14.0. The Morgan fingerprint density at radius 2 is 1.08 bits per heavy atom. The predicted molar refractivity (Wildman–Crippen MR) is 260 cm³/mol. The van der Waals surface area contributed by atoms with Crippen LogP contribution in [0.4, 0.5) is 5.69 Å². The summed E-state index contributed by atoms with van der Waals surface area (Å²) in [7, 11) is 2.15. The molecule has 0 fully saturated rings. The van der Waals surface area contributed by atoms with E-state index in [1.807, 2.05) is 92.8 Å². The van der Waals surface area contributed by atoms with Gasteiger partial charge < -0.3 is 4.90 Å². The van der Waals surface area contributed by atoms with E-state index in [1.165, 1.54) is 47.5 Å². The molecule has 9 rings (SSSR count). The number of likely N-dealkylation sites (N-methyl/N-ethyl adjacent to an activating group) is 1. The molecule has 3 nitrogen and oxygen atoms in total. The molecule has 0 unspecified atom stereocenters. The van der Waals surface area contributed by atoms with E-state index in [0.29, 0.717) is 0 Å². The first kappa shape index (κ1) is 41.7. The Morgan fingerprint density at radius 1 is 0.567 bits per heavy atom. The van der Waals surface area contributed by atoms with Crippen molar-refractivity contribution in [1.29, 1.82) is 0 Å². The van der Waals surface area contributed by atoms with Gasteiger partial charge in [0.25, 0.3) is 0 Å². The summed E-state index contributed by atoms with van der Waals surface area (Å²) in [6, 6.07) is 54.6. The first-order valence-corrected chi connectivity index (χ1v) is 22.0. The van der Waals surface area contributed by atoms with E-state index < -0.39 is 0 Å². The lowest BCUT2D eigenvalue weighted by atomic mass is 10.0. The maximum absolute atomic E-state index is 4.92. The van der Waals surface area contributed by atoms with Crippen molar-refractivity contribution < 1.29 is 0 Å². The second kappa shape index (κ2) is 20.0. The Morgan fingerprint density at radius 3 is 1.65 bits per heavy atom. The lowest BCUT2D eigenvalue weighted by molar-refractivity contribution is 0.984. The molecule has 2 aliphatic rings. The minimum Gasteiger partial charge on any atom is -0.370 e. The Labute approximate surface area is 364 Å². The zero-order chi connectivity index (χ0) is 41.8. The number of anilines is 1. The number of benzene rings is 6. The summed E-state index contributed by atoms with van der Waals surface area (Å²) >= 11 is 3.70. The Balaban J connectivity index is 0.000000175. The molecule has 6 aromatic carbocycles. The number of fused-ring (bicyclic) bond motifs is 3. The molecule has 1 aromatic heterocycles. The molecule has 0 radical (unpaired) electrons. The van der Waals surface area contributed by atoms with Crippen LogP contribution in [0.15, 0.2) is 232 Å². The van der Waals surface area contributed by atoms with E-state index in [9.17, 15) is 0 Å². The number of aromatic nitrogens is 2. The van der Waals surface area contributed by atoms with E-state index in [4.69, 9.17) is 9.97 Å². The van der Waals surface area contributed by atoms with Gasteiger partial charge in [0.2, 0.25) is 0 Å². The highest BCUT2D eigenvalue weighted by atomic mass is 32.2. The van der Waals surface area contributed by atoms with Gasteiger partial charge in [0.15, 0.2) is 5.82 Å². The molecule has 0 bridgehead atoms. The van der Waals surface area contributed by atoms with Crippen molar-refractivity contribution in [3.05, 3.63) is 218 Å². The molecule has 296 valence electrons. The molecule has 0 N–H and O–H groups in total. The zero-order valence-corrected chi connectivity index (χ0v) is 36.3. The van der Waals surface area contributed by atoms with E-state index in [1.54, 1.807) is 0 Å². The molecule has 0 saturated heterocycles. The predicted octanol–water partition coefficient (Wildman–Crippen LogP) is 15.6. The van der Waals surface area contributed by atoms with Gasteiger partial charge in [-0.2, -0.15) is 0 Å². The van der Waals surface area contributed by atoms with Gasteiger partial charge in [-0.05, 0) is 71.2 Å². The van der Waals surface area contributed by atoms with Crippen LogP contribution < -0.4 is 4.90 Å². The van der Waals surface area contributed by atoms with Gasteiger partial charge in [-0.3, -0.25) is 0 Å². The molecule has 0 spiro atoms. The third-order valence-electron chi connectivity index (χ3n) is 10.0. The largest absolute Gasteiger partial charge is 0.370 e. The topological polar surface area (TPSA) is 29.0 Å². The quantitative estimate of drug-likeness (QED) is 0.167. The van der Waals surface area contributed by atoms with Crippen molar-refractivity contribution in [2.24, 2.45) is 0 Å². The summed E-state index contributed by atoms with van der Waals surface area (Å²) in [5, 5.41) is 0. The molecule has 7 aromatic rings. The number of hydrogen-bond acceptors (Lipinski definition) is 5. The van der Waals surface area contributed by atoms with Gasteiger partial charge in [0, 0.05) is 61.1 Å². The normalized spacial score (nSPS) is 14.7. The zero-order valence-electron chi connectivity index (χ0n) is 34.7. The van der Waals surface area contributed by atoms with Gasteiger partial charge in [-0.1, -0.05) is 202 Å². The molecule has 5 heteroatoms. The summed E-state index contributed by atoms with van der Waals surface area (Å²) in [5.41, 5.74) is 13.2. The van der Waals surface area contributed by atoms with Crippen LogP contribution in [0, 0.1) is 0 Å².